The lowest BCUT2D eigenvalue weighted by Crippen LogP contribution is -2.33. The minimum absolute atomic E-state index is 0.134. The Bertz CT molecular complexity index is 376. The van der Waals surface area contributed by atoms with Gasteiger partial charge in [0.05, 0.1) is 6.10 Å². The molecule has 1 aliphatic carbocycles. The van der Waals surface area contributed by atoms with E-state index in [1.807, 2.05) is 12.1 Å². The lowest BCUT2D eigenvalue weighted by molar-refractivity contribution is 0.132. The third kappa shape index (κ3) is 2.25. The first-order valence-electron chi connectivity index (χ1n) is 6.00. The molecule has 16 heavy (non-hydrogen) atoms. The van der Waals surface area contributed by atoms with Crippen LogP contribution in [0, 0.1) is 5.92 Å². The molecule has 0 aliphatic heterocycles. The molecule has 3 N–H and O–H groups in total. The van der Waals surface area contributed by atoms with Crippen molar-refractivity contribution in [3.8, 4) is 0 Å². The highest BCUT2D eigenvalue weighted by Crippen LogP contribution is 2.28. The number of aliphatic hydroxyl groups is 1. The predicted molar refractivity (Wildman–Crippen MR) is 64.0 cm³/mol. The molecule has 0 radical (unpaired) electrons. The van der Waals surface area contributed by atoms with Crippen molar-refractivity contribution in [2.75, 3.05) is 0 Å². The van der Waals surface area contributed by atoms with Crippen LogP contribution in [0.3, 0.4) is 0 Å². The Morgan fingerprint density at radius 2 is 2.25 bits per heavy atom. The van der Waals surface area contributed by atoms with Gasteiger partial charge in [0, 0.05) is 23.0 Å². The Morgan fingerprint density at radius 1 is 1.50 bits per heavy atom. The van der Waals surface area contributed by atoms with Crippen LogP contribution in [0.5, 0.6) is 0 Å². The first-order chi connectivity index (χ1) is 7.58. The fourth-order valence-corrected chi connectivity index (χ4v) is 2.25. The second-order valence-electron chi connectivity index (χ2n) is 5.08. The number of rotatable bonds is 2. The summed E-state index contributed by atoms with van der Waals surface area (Å²) in [6, 6.07) is 3.87. The van der Waals surface area contributed by atoms with E-state index >= 15 is 0 Å². The van der Waals surface area contributed by atoms with Gasteiger partial charge >= 0.3 is 0 Å². The number of aromatic nitrogens is 1. The molecular formula is C13H20N2O. The highest BCUT2D eigenvalue weighted by Gasteiger charge is 2.25. The van der Waals surface area contributed by atoms with Gasteiger partial charge in [-0.1, -0.05) is 19.9 Å². The summed E-state index contributed by atoms with van der Waals surface area (Å²) in [5.41, 5.74) is 8.91. The van der Waals surface area contributed by atoms with Crippen molar-refractivity contribution >= 4 is 0 Å². The van der Waals surface area contributed by atoms with Crippen molar-refractivity contribution in [3.63, 3.8) is 0 Å². The molecule has 0 amide bonds. The summed E-state index contributed by atoms with van der Waals surface area (Å²) < 4.78 is 0. The Morgan fingerprint density at radius 3 is 2.94 bits per heavy atom. The molecule has 1 heterocycles. The fourth-order valence-electron chi connectivity index (χ4n) is 2.25. The van der Waals surface area contributed by atoms with Crippen molar-refractivity contribution in [2.45, 2.75) is 45.3 Å². The van der Waals surface area contributed by atoms with E-state index in [0.29, 0.717) is 5.92 Å². The predicted octanol–water partition coefficient (Wildman–Crippen LogP) is 1.59. The van der Waals surface area contributed by atoms with E-state index in [0.717, 1.165) is 36.2 Å². The molecule has 1 aromatic heterocycles. The molecule has 2 atom stereocenters. The zero-order valence-electron chi connectivity index (χ0n) is 9.98. The molecule has 1 aromatic rings. The first-order valence-corrected chi connectivity index (χ1v) is 6.00. The third-order valence-electron chi connectivity index (χ3n) is 3.12. The Labute approximate surface area is 96.7 Å². The number of nitrogens with two attached hydrogens (primary N) is 1. The fraction of sp³-hybridized carbons (Fsp3) is 0.615. The van der Waals surface area contributed by atoms with Crippen LogP contribution < -0.4 is 5.73 Å². The van der Waals surface area contributed by atoms with Gasteiger partial charge < -0.3 is 10.8 Å². The van der Waals surface area contributed by atoms with Crippen LogP contribution in [0.4, 0.5) is 0 Å². The van der Waals surface area contributed by atoms with E-state index in [4.69, 9.17) is 5.73 Å². The largest absolute Gasteiger partial charge is 0.387 e. The summed E-state index contributed by atoms with van der Waals surface area (Å²) in [6.07, 6.45) is 2.17. The molecule has 0 fully saturated rings. The summed E-state index contributed by atoms with van der Waals surface area (Å²) in [5, 5.41) is 9.94. The minimum atomic E-state index is -0.538. The van der Waals surface area contributed by atoms with Gasteiger partial charge in [0.1, 0.15) is 0 Å². The highest BCUT2D eigenvalue weighted by molar-refractivity contribution is 5.29. The van der Waals surface area contributed by atoms with Gasteiger partial charge in [-0.25, -0.2) is 0 Å². The average molecular weight is 220 g/mol. The van der Waals surface area contributed by atoms with E-state index < -0.39 is 6.10 Å². The molecule has 3 heteroatoms. The molecule has 2 unspecified atom stereocenters. The molecule has 1 aliphatic rings. The van der Waals surface area contributed by atoms with E-state index in [2.05, 4.69) is 18.8 Å². The Hall–Kier alpha value is -0.930. The van der Waals surface area contributed by atoms with Crippen LogP contribution >= 0.6 is 0 Å². The lowest BCUT2D eigenvalue weighted by Gasteiger charge is -2.26. The smallest absolute Gasteiger partial charge is 0.0958 e. The maximum atomic E-state index is 9.94. The third-order valence-corrected chi connectivity index (χ3v) is 3.12. The second kappa shape index (κ2) is 4.52. The van der Waals surface area contributed by atoms with Crippen molar-refractivity contribution in [3.05, 3.63) is 29.1 Å². The summed E-state index contributed by atoms with van der Waals surface area (Å²) in [7, 11) is 0. The van der Waals surface area contributed by atoms with Crippen LogP contribution in [-0.4, -0.2) is 16.1 Å². The SMILES string of the molecule is CC(C)Cc1ccc2c(n1)CCC(N)C2O. The van der Waals surface area contributed by atoms with Crippen LogP contribution in [0.15, 0.2) is 12.1 Å². The monoisotopic (exact) mass is 220 g/mol. The van der Waals surface area contributed by atoms with Crippen molar-refractivity contribution in [1.82, 2.24) is 4.98 Å². The molecule has 2 rings (SSSR count). The highest BCUT2D eigenvalue weighted by atomic mass is 16.3. The number of aryl methyl sites for hydroxylation is 1. The first kappa shape index (κ1) is 11.6. The van der Waals surface area contributed by atoms with Gasteiger partial charge in [-0.2, -0.15) is 0 Å². The molecule has 88 valence electrons. The van der Waals surface area contributed by atoms with Crippen molar-refractivity contribution in [1.29, 1.82) is 0 Å². The quantitative estimate of drug-likeness (QED) is 0.795. The summed E-state index contributed by atoms with van der Waals surface area (Å²) >= 11 is 0. The van der Waals surface area contributed by atoms with Crippen molar-refractivity contribution in [2.24, 2.45) is 11.7 Å². The number of aliphatic hydroxyl groups excluding tert-OH is 1. The number of hydrogen-bond donors (Lipinski definition) is 2. The van der Waals surface area contributed by atoms with Gasteiger partial charge in [-0.15, -0.1) is 0 Å². The second-order valence-corrected chi connectivity index (χ2v) is 5.08. The molecule has 0 aromatic carbocycles. The van der Waals surface area contributed by atoms with E-state index in [-0.39, 0.29) is 6.04 Å². The van der Waals surface area contributed by atoms with Crippen LogP contribution in [0.2, 0.25) is 0 Å². The zero-order chi connectivity index (χ0) is 11.7. The minimum Gasteiger partial charge on any atom is -0.387 e. The van der Waals surface area contributed by atoms with Crippen LogP contribution in [0.1, 0.15) is 43.3 Å². The number of nitrogens with zero attached hydrogens (tertiary/aromatic N) is 1. The standard InChI is InChI=1S/C13H20N2O/c1-8(2)7-9-3-4-10-12(15-9)6-5-11(14)13(10)16/h3-4,8,11,13,16H,5-7,14H2,1-2H3. The number of hydrogen-bond acceptors (Lipinski definition) is 3. The molecule has 0 bridgehead atoms. The normalized spacial score (nSPS) is 24.6. The van der Waals surface area contributed by atoms with Crippen LogP contribution in [0.25, 0.3) is 0 Å². The molecule has 0 spiro atoms. The molecular weight excluding hydrogens is 200 g/mol. The number of pyridine rings is 1. The summed E-state index contributed by atoms with van der Waals surface area (Å²) in [6.45, 7) is 4.37. The molecule has 0 saturated heterocycles. The zero-order valence-corrected chi connectivity index (χ0v) is 9.98. The summed E-state index contributed by atoms with van der Waals surface area (Å²) in [4.78, 5) is 4.62. The average Bonchev–Trinajstić information content (AvgIpc) is 2.23. The lowest BCUT2D eigenvalue weighted by atomic mass is 9.89. The van der Waals surface area contributed by atoms with Gasteiger partial charge in [0.15, 0.2) is 0 Å². The molecule has 3 nitrogen and oxygen atoms in total. The van der Waals surface area contributed by atoms with Gasteiger partial charge in [-0.3, -0.25) is 4.98 Å². The van der Waals surface area contributed by atoms with Crippen LogP contribution in [-0.2, 0) is 12.8 Å². The maximum Gasteiger partial charge on any atom is 0.0958 e. The van der Waals surface area contributed by atoms with Gasteiger partial charge in [-0.05, 0) is 31.2 Å². The van der Waals surface area contributed by atoms with E-state index in [1.54, 1.807) is 0 Å². The number of fused-ring (bicyclic) bond motifs is 1. The molecule has 0 saturated carbocycles. The Kier molecular flexibility index (Phi) is 3.26. The van der Waals surface area contributed by atoms with E-state index in [1.165, 1.54) is 0 Å². The Balaban J connectivity index is 2.26. The van der Waals surface area contributed by atoms with Gasteiger partial charge in [0.2, 0.25) is 0 Å². The van der Waals surface area contributed by atoms with E-state index in [9.17, 15) is 5.11 Å². The van der Waals surface area contributed by atoms with Gasteiger partial charge in [0.25, 0.3) is 0 Å². The maximum absolute atomic E-state index is 9.94. The topological polar surface area (TPSA) is 59.1 Å². The summed E-state index contributed by atoms with van der Waals surface area (Å²) in [5.74, 6) is 0.612. The van der Waals surface area contributed by atoms with Crippen molar-refractivity contribution < 1.29 is 5.11 Å².